The number of nitrogens with zero attached hydrogens (tertiary/aromatic N) is 1. The average Bonchev–Trinajstić information content (AvgIpc) is 3.05. The van der Waals surface area contributed by atoms with Crippen LogP contribution in [0, 0.1) is 11.8 Å². The molecule has 1 fully saturated rings. The lowest BCUT2D eigenvalue weighted by Crippen LogP contribution is -2.40. The van der Waals surface area contributed by atoms with E-state index in [9.17, 15) is 9.59 Å². The van der Waals surface area contributed by atoms with E-state index in [1.54, 1.807) is 7.05 Å². The van der Waals surface area contributed by atoms with Gasteiger partial charge in [-0.2, -0.15) is 0 Å². The molecule has 0 saturated heterocycles. The van der Waals surface area contributed by atoms with Crippen LogP contribution < -0.4 is 5.32 Å². The second-order valence-electron chi connectivity index (χ2n) is 4.57. The summed E-state index contributed by atoms with van der Waals surface area (Å²) in [5.41, 5.74) is 0. The van der Waals surface area contributed by atoms with Gasteiger partial charge >= 0.3 is 12.0 Å². The topological polar surface area (TPSA) is 69.6 Å². The third-order valence-corrected chi connectivity index (χ3v) is 3.01. The molecular weight excluding hydrogens is 208 g/mol. The van der Waals surface area contributed by atoms with Gasteiger partial charge < -0.3 is 15.3 Å². The number of carbonyl (C=O) groups is 2. The molecule has 0 bridgehead atoms. The largest absolute Gasteiger partial charge is 0.481 e. The first-order chi connectivity index (χ1) is 7.50. The number of carboxylic acids is 1. The van der Waals surface area contributed by atoms with E-state index < -0.39 is 5.97 Å². The summed E-state index contributed by atoms with van der Waals surface area (Å²) in [4.78, 5) is 23.3. The Morgan fingerprint density at radius 3 is 2.62 bits per heavy atom. The molecule has 1 atom stereocenters. The van der Waals surface area contributed by atoms with Gasteiger partial charge in [-0.1, -0.05) is 6.92 Å². The predicted molar refractivity (Wildman–Crippen MR) is 60.2 cm³/mol. The summed E-state index contributed by atoms with van der Waals surface area (Å²) >= 11 is 0. The van der Waals surface area contributed by atoms with Crippen LogP contribution in [0.4, 0.5) is 4.79 Å². The van der Waals surface area contributed by atoms with Crippen LogP contribution in [0.2, 0.25) is 0 Å². The Morgan fingerprint density at radius 1 is 1.50 bits per heavy atom. The molecule has 0 aromatic rings. The molecule has 1 aliphatic carbocycles. The fraction of sp³-hybridized carbons (Fsp3) is 0.818. The number of amides is 2. The van der Waals surface area contributed by atoms with Gasteiger partial charge in [-0.15, -0.1) is 0 Å². The summed E-state index contributed by atoms with van der Waals surface area (Å²) in [5, 5.41) is 11.3. The molecular formula is C11H20N2O3. The third kappa shape index (κ3) is 4.51. The van der Waals surface area contributed by atoms with Gasteiger partial charge in [-0.05, 0) is 24.7 Å². The summed E-state index contributed by atoms with van der Waals surface area (Å²) < 4.78 is 0. The molecule has 5 heteroatoms. The minimum Gasteiger partial charge on any atom is -0.481 e. The number of urea groups is 1. The zero-order chi connectivity index (χ0) is 12.1. The molecule has 16 heavy (non-hydrogen) atoms. The standard InChI is InChI=1S/C11H20N2O3/c1-8(9-3-4-9)7-12-11(16)13(2)6-5-10(14)15/h8-9H,3-7H2,1-2H3,(H,12,16)(H,14,15). The maximum Gasteiger partial charge on any atom is 0.317 e. The minimum absolute atomic E-state index is 0.0118. The zero-order valence-electron chi connectivity index (χ0n) is 9.90. The van der Waals surface area contributed by atoms with Gasteiger partial charge in [0.1, 0.15) is 0 Å². The fourth-order valence-corrected chi connectivity index (χ4v) is 1.58. The molecule has 2 amide bonds. The fourth-order valence-electron chi connectivity index (χ4n) is 1.58. The van der Waals surface area contributed by atoms with Gasteiger partial charge in [-0.25, -0.2) is 4.79 Å². The lowest BCUT2D eigenvalue weighted by Gasteiger charge is -2.18. The third-order valence-electron chi connectivity index (χ3n) is 3.01. The van der Waals surface area contributed by atoms with Crippen LogP contribution in [0.3, 0.4) is 0 Å². The molecule has 0 aromatic carbocycles. The molecule has 2 N–H and O–H groups in total. The summed E-state index contributed by atoms with van der Waals surface area (Å²) in [6.07, 6.45) is 2.53. The van der Waals surface area contributed by atoms with Gasteiger partial charge in [0.05, 0.1) is 6.42 Å². The number of aliphatic carboxylic acids is 1. The number of carbonyl (C=O) groups excluding carboxylic acids is 1. The highest BCUT2D eigenvalue weighted by atomic mass is 16.4. The highest BCUT2D eigenvalue weighted by Gasteiger charge is 2.28. The van der Waals surface area contributed by atoms with Gasteiger partial charge in [-0.3, -0.25) is 4.79 Å². The maximum absolute atomic E-state index is 11.5. The van der Waals surface area contributed by atoms with Crippen LogP contribution in [0.25, 0.3) is 0 Å². The van der Waals surface area contributed by atoms with Crippen molar-refractivity contribution in [2.45, 2.75) is 26.2 Å². The summed E-state index contributed by atoms with van der Waals surface area (Å²) in [5.74, 6) is 0.410. The van der Waals surface area contributed by atoms with Crippen molar-refractivity contribution in [3.8, 4) is 0 Å². The Kier molecular flexibility index (Phi) is 4.58. The SMILES string of the molecule is CC(CNC(=O)N(C)CCC(=O)O)C1CC1. The first-order valence-electron chi connectivity index (χ1n) is 5.71. The van der Waals surface area contributed by atoms with Crippen LogP contribution >= 0.6 is 0 Å². The number of rotatable bonds is 6. The molecule has 0 aliphatic heterocycles. The van der Waals surface area contributed by atoms with E-state index in [1.807, 2.05) is 0 Å². The molecule has 1 unspecified atom stereocenters. The van der Waals surface area contributed by atoms with Crippen molar-refractivity contribution in [2.24, 2.45) is 11.8 Å². The molecule has 0 aromatic heterocycles. The number of carboxylic acid groups (broad SMARTS) is 1. The highest BCUT2D eigenvalue weighted by Crippen LogP contribution is 2.36. The monoisotopic (exact) mass is 228 g/mol. The second-order valence-corrected chi connectivity index (χ2v) is 4.57. The molecule has 0 heterocycles. The number of hydrogen-bond acceptors (Lipinski definition) is 2. The average molecular weight is 228 g/mol. The number of nitrogens with one attached hydrogen (secondary N) is 1. The maximum atomic E-state index is 11.5. The van der Waals surface area contributed by atoms with Crippen molar-refractivity contribution in [1.29, 1.82) is 0 Å². The van der Waals surface area contributed by atoms with Crippen LogP contribution in [0.1, 0.15) is 26.2 Å². The summed E-state index contributed by atoms with van der Waals surface area (Å²) in [6, 6.07) is -0.186. The lowest BCUT2D eigenvalue weighted by atomic mass is 10.1. The van der Waals surface area contributed by atoms with Gasteiger partial charge in [0.2, 0.25) is 0 Å². The smallest absolute Gasteiger partial charge is 0.317 e. The van der Waals surface area contributed by atoms with E-state index in [4.69, 9.17) is 5.11 Å². The van der Waals surface area contributed by atoms with Gasteiger partial charge in [0.15, 0.2) is 0 Å². The second kappa shape index (κ2) is 5.72. The normalized spacial score (nSPS) is 16.6. The summed E-state index contributed by atoms with van der Waals surface area (Å²) in [7, 11) is 1.61. The van der Waals surface area contributed by atoms with E-state index in [0.717, 1.165) is 5.92 Å². The molecule has 92 valence electrons. The van der Waals surface area contributed by atoms with Crippen molar-refractivity contribution in [1.82, 2.24) is 10.2 Å². The quantitative estimate of drug-likeness (QED) is 0.716. The van der Waals surface area contributed by atoms with Gasteiger partial charge in [0.25, 0.3) is 0 Å². The Labute approximate surface area is 95.8 Å². The van der Waals surface area contributed by atoms with E-state index in [2.05, 4.69) is 12.2 Å². The van der Waals surface area contributed by atoms with E-state index in [0.29, 0.717) is 12.5 Å². The zero-order valence-corrected chi connectivity index (χ0v) is 9.90. The Bertz CT molecular complexity index is 264. The Balaban J connectivity index is 2.14. The highest BCUT2D eigenvalue weighted by molar-refractivity contribution is 5.74. The first kappa shape index (κ1) is 12.8. The van der Waals surface area contributed by atoms with E-state index >= 15 is 0 Å². The van der Waals surface area contributed by atoms with Crippen molar-refractivity contribution >= 4 is 12.0 Å². The molecule has 5 nitrogen and oxygen atoms in total. The molecule has 1 aliphatic rings. The minimum atomic E-state index is -0.883. The molecule has 1 rings (SSSR count). The van der Waals surface area contributed by atoms with Crippen molar-refractivity contribution < 1.29 is 14.7 Å². The van der Waals surface area contributed by atoms with Crippen molar-refractivity contribution in [3.63, 3.8) is 0 Å². The molecule has 0 spiro atoms. The first-order valence-corrected chi connectivity index (χ1v) is 5.71. The summed E-state index contributed by atoms with van der Waals surface area (Å²) in [6.45, 7) is 3.06. The van der Waals surface area contributed by atoms with Gasteiger partial charge in [0, 0.05) is 20.1 Å². The van der Waals surface area contributed by atoms with Crippen LogP contribution in [-0.2, 0) is 4.79 Å². The lowest BCUT2D eigenvalue weighted by molar-refractivity contribution is -0.137. The van der Waals surface area contributed by atoms with Crippen molar-refractivity contribution in [2.75, 3.05) is 20.1 Å². The molecule has 0 radical (unpaired) electrons. The van der Waals surface area contributed by atoms with Crippen molar-refractivity contribution in [3.05, 3.63) is 0 Å². The Morgan fingerprint density at radius 2 is 2.12 bits per heavy atom. The van der Waals surface area contributed by atoms with Crippen LogP contribution in [-0.4, -0.2) is 42.1 Å². The van der Waals surface area contributed by atoms with E-state index in [1.165, 1.54) is 17.7 Å². The predicted octanol–water partition coefficient (Wildman–Crippen LogP) is 1.15. The molecule has 1 saturated carbocycles. The van der Waals surface area contributed by atoms with E-state index in [-0.39, 0.29) is 19.0 Å². The van der Waals surface area contributed by atoms with Crippen LogP contribution in [0.5, 0.6) is 0 Å². The Hall–Kier alpha value is -1.26. The van der Waals surface area contributed by atoms with Crippen LogP contribution in [0.15, 0.2) is 0 Å². The number of hydrogen-bond donors (Lipinski definition) is 2.